The smallest absolute Gasteiger partial charge is 0.145 e. The van der Waals surface area contributed by atoms with Gasteiger partial charge in [-0.05, 0) is 19.1 Å². The van der Waals surface area contributed by atoms with Crippen LogP contribution in [0.4, 0.5) is 10.1 Å². The number of nitrogens with zero attached hydrogens (tertiary/aromatic N) is 1. The van der Waals surface area contributed by atoms with E-state index >= 15 is 0 Å². The predicted molar refractivity (Wildman–Crippen MR) is 65.0 cm³/mol. The van der Waals surface area contributed by atoms with Gasteiger partial charge in [-0.15, -0.1) is 12.4 Å². The van der Waals surface area contributed by atoms with Gasteiger partial charge < -0.3 is 15.4 Å². The maximum absolute atomic E-state index is 13.0. The molecule has 0 saturated carbocycles. The molecule has 16 heavy (non-hydrogen) atoms. The number of hydrogen-bond acceptors (Lipinski definition) is 3. The maximum Gasteiger partial charge on any atom is 0.145 e. The molecule has 0 saturated heterocycles. The first-order chi connectivity index (χ1) is 7.16. The molecule has 5 heteroatoms. The fourth-order valence-corrected chi connectivity index (χ4v) is 1.79. The summed E-state index contributed by atoms with van der Waals surface area (Å²) >= 11 is 0. The monoisotopic (exact) mass is 246 g/mol. The number of hydrogen-bond donors (Lipinski definition) is 1. The van der Waals surface area contributed by atoms with E-state index in [9.17, 15) is 4.39 Å². The van der Waals surface area contributed by atoms with Gasteiger partial charge in [0.1, 0.15) is 18.2 Å². The average Bonchev–Trinajstić information content (AvgIpc) is 2.16. The van der Waals surface area contributed by atoms with Crippen LogP contribution in [0.1, 0.15) is 6.92 Å². The van der Waals surface area contributed by atoms with Gasteiger partial charge in [0.25, 0.3) is 0 Å². The molecular formula is C11H16ClFN2O. The van der Waals surface area contributed by atoms with Crippen LogP contribution in [0.25, 0.3) is 0 Å². The number of benzene rings is 1. The Hall–Kier alpha value is -1.00. The van der Waals surface area contributed by atoms with Crippen LogP contribution in [0.2, 0.25) is 0 Å². The van der Waals surface area contributed by atoms with Gasteiger partial charge in [-0.2, -0.15) is 0 Å². The van der Waals surface area contributed by atoms with Crippen LogP contribution in [-0.2, 0) is 0 Å². The number of rotatable bonds is 2. The summed E-state index contributed by atoms with van der Waals surface area (Å²) in [4.78, 5) is 2.13. The number of anilines is 1. The van der Waals surface area contributed by atoms with Crippen molar-refractivity contribution in [2.75, 3.05) is 24.6 Å². The molecule has 1 aromatic carbocycles. The second kappa shape index (κ2) is 5.37. The number of halogens is 2. The van der Waals surface area contributed by atoms with Gasteiger partial charge in [-0.1, -0.05) is 0 Å². The molecule has 1 heterocycles. The van der Waals surface area contributed by atoms with Gasteiger partial charge in [0.2, 0.25) is 0 Å². The van der Waals surface area contributed by atoms with E-state index in [0.29, 0.717) is 12.4 Å². The molecule has 2 N–H and O–H groups in total. The Balaban J connectivity index is 0.00000128. The van der Waals surface area contributed by atoms with E-state index in [1.54, 1.807) is 6.07 Å². The Morgan fingerprint density at radius 2 is 2.31 bits per heavy atom. The van der Waals surface area contributed by atoms with E-state index in [1.807, 2.05) is 6.92 Å². The van der Waals surface area contributed by atoms with E-state index in [1.165, 1.54) is 12.1 Å². The Morgan fingerprint density at radius 3 is 3.00 bits per heavy atom. The summed E-state index contributed by atoms with van der Waals surface area (Å²) in [7, 11) is 0. The Labute approximate surface area is 101 Å². The van der Waals surface area contributed by atoms with Crippen LogP contribution < -0.4 is 15.4 Å². The van der Waals surface area contributed by atoms with Crippen LogP contribution in [0, 0.1) is 5.82 Å². The molecule has 0 aromatic heterocycles. The molecule has 1 aliphatic rings. The number of ether oxygens (including phenoxy) is 1. The molecule has 2 rings (SSSR count). The largest absolute Gasteiger partial charge is 0.489 e. The highest BCUT2D eigenvalue weighted by atomic mass is 35.5. The van der Waals surface area contributed by atoms with E-state index in [4.69, 9.17) is 10.5 Å². The zero-order valence-corrected chi connectivity index (χ0v) is 9.97. The minimum Gasteiger partial charge on any atom is -0.489 e. The third-order valence-corrected chi connectivity index (χ3v) is 2.39. The van der Waals surface area contributed by atoms with Crippen molar-refractivity contribution < 1.29 is 9.13 Å². The van der Waals surface area contributed by atoms with E-state index in [0.717, 1.165) is 18.8 Å². The second-order valence-electron chi connectivity index (χ2n) is 3.88. The van der Waals surface area contributed by atoms with Crippen molar-refractivity contribution in [2.24, 2.45) is 5.73 Å². The number of nitrogens with two attached hydrogens (primary N) is 1. The molecule has 0 radical (unpaired) electrons. The minimum absolute atomic E-state index is 0. The molecule has 0 bridgehead atoms. The quantitative estimate of drug-likeness (QED) is 0.865. The van der Waals surface area contributed by atoms with E-state index in [-0.39, 0.29) is 24.3 Å². The first-order valence-corrected chi connectivity index (χ1v) is 5.09. The van der Waals surface area contributed by atoms with E-state index < -0.39 is 0 Å². The molecule has 0 fully saturated rings. The summed E-state index contributed by atoms with van der Waals surface area (Å²) in [6.45, 7) is 4.12. The fraction of sp³-hybridized carbons (Fsp3) is 0.455. The van der Waals surface area contributed by atoms with Gasteiger partial charge in [0, 0.05) is 18.7 Å². The van der Waals surface area contributed by atoms with Crippen molar-refractivity contribution in [2.45, 2.75) is 13.0 Å². The molecule has 1 unspecified atom stereocenters. The van der Waals surface area contributed by atoms with Crippen LogP contribution in [0.15, 0.2) is 18.2 Å². The van der Waals surface area contributed by atoms with Gasteiger partial charge in [0.05, 0.1) is 12.2 Å². The molecular weight excluding hydrogens is 231 g/mol. The summed E-state index contributed by atoms with van der Waals surface area (Å²) in [5.41, 5.74) is 6.68. The summed E-state index contributed by atoms with van der Waals surface area (Å²) in [6.07, 6.45) is 0. The first-order valence-electron chi connectivity index (χ1n) is 5.09. The van der Waals surface area contributed by atoms with Crippen LogP contribution >= 0.6 is 12.4 Å². The highest BCUT2D eigenvalue weighted by Crippen LogP contribution is 2.31. The van der Waals surface area contributed by atoms with Crippen LogP contribution in [0.5, 0.6) is 5.75 Å². The molecule has 1 atom stereocenters. The molecule has 1 aromatic rings. The lowest BCUT2D eigenvalue weighted by Gasteiger charge is -2.32. The topological polar surface area (TPSA) is 38.5 Å². The zero-order chi connectivity index (χ0) is 10.8. The summed E-state index contributed by atoms with van der Waals surface area (Å²) in [5, 5.41) is 0. The molecule has 3 nitrogen and oxygen atoms in total. The number of fused-ring (bicyclic) bond motifs is 1. The fourth-order valence-electron chi connectivity index (χ4n) is 1.79. The average molecular weight is 247 g/mol. The lowest BCUT2D eigenvalue weighted by Crippen LogP contribution is -2.40. The normalized spacial score (nSPS) is 15.8. The third kappa shape index (κ3) is 2.77. The van der Waals surface area contributed by atoms with Gasteiger partial charge in [-0.3, -0.25) is 0 Å². The molecule has 0 aliphatic carbocycles. The van der Waals surface area contributed by atoms with Gasteiger partial charge in [-0.25, -0.2) is 4.39 Å². The maximum atomic E-state index is 13.0. The zero-order valence-electron chi connectivity index (χ0n) is 9.15. The van der Waals surface area contributed by atoms with Crippen molar-refractivity contribution in [3.8, 4) is 5.75 Å². The van der Waals surface area contributed by atoms with Gasteiger partial charge in [0.15, 0.2) is 0 Å². The molecule has 1 aliphatic heterocycles. The van der Waals surface area contributed by atoms with Crippen LogP contribution in [-0.4, -0.2) is 25.7 Å². The first kappa shape index (κ1) is 13.1. The summed E-state index contributed by atoms with van der Waals surface area (Å²) < 4.78 is 18.4. The lowest BCUT2D eigenvalue weighted by atomic mass is 10.2. The standard InChI is InChI=1S/C11H15FN2O.ClH/c1-8(13)7-14-4-5-15-11-6-9(12)2-3-10(11)14;/h2-3,6,8H,4-5,7,13H2,1H3;1H. The minimum atomic E-state index is -0.267. The third-order valence-electron chi connectivity index (χ3n) is 2.39. The Morgan fingerprint density at radius 1 is 1.56 bits per heavy atom. The molecule has 0 amide bonds. The van der Waals surface area contributed by atoms with Crippen molar-refractivity contribution in [3.05, 3.63) is 24.0 Å². The van der Waals surface area contributed by atoms with E-state index in [2.05, 4.69) is 4.90 Å². The summed E-state index contributed by atoms with van der Waals surface area (Å²) in [6, 6.07) is 4.71. The second-order valence-corrected chi connectivity index (χ2v) is 3.88. The summed E-state index contributed by atoms with van der Waals surface area (Å²) in [5.74, 6) is 0.346. The highest BCUT2D eigenvalue weighted by Gasteiger charge is 2.18. The van der Waals surface area contributed by atoms with Gasteiger partial charge >= 0.3 is 0 Å². The highest BCUT2D eigenvalue weighted by molar-refractivity contribution is 5.85. The van der Waals surface area contributed by atoms with Crippen molar-refractivity contribution in [1.29, 1.82) is 0 Å². The Kier molecular flexibility index (Phi) is 4.38. The predicted octanol–water partition coefficient (Wildman–Crippen LogP) is 1.79. The lowest BCUT2D eigenvalue weighted by molar-refractivity contribution is 0.304. The SMILES string of the molecule is CC(N)CN1CCOc2cc(F)ccc21.Cl. The van der Waals surface area contributed by atoms with Crippen molar-refractivity contribution in [3.63, 3.8) is 0 Å². The molecule has 0 spiro atoms. The van der Waals surface area contributed by atoms with Crippen LogP contribution in [0.3, 0.4) is 0 Å². The molecule has 90 valence electrons. The van der Waals surface area contributed by atoms with Crippen molar-refractivity contribution >= 4 is 18.1 Å². The Bertz CT molecular complexity index is 360. The van der Waals surface area contributed by atoms with Crippen molar-refractivity contribution in [1.82, 2.24) is 0 Å².